The number of rotatable bonds is 6. The Hall–Kier alpha value is -2.00. The highest BCUT2D eigenvalue weighted by atomic mass is 16.6. The molecule has 0 aliphatic heterocycles. The van der Waals surface area contributed by atoms with Crippen LogP contribution in [0.15, 0.2) is 34.9 Å². The molecule has 8 heteroatoms. The summed E-state index contributed by atoms with van der Waals surface area (Å²) >= 11 is 0. The maximum atomic E-state index is 13.2. The van der Waals surface area contributed by atoms with Crippen LogP contribution in [0, 0.1) is 50.2 Å². The Morgan fingerprint density at radius 2 is 0.773 bits per heavy atom. The van der Waals surface area contributed by atoms with E-state index in [0.29, 0.717) is 30.4 Å². The van der Waals surface area contributed by atoms with Gasteiger partial charge in [0.15, 0.2) is 0 Å². The standard InChI is InChI=1S/C40H62O8.C3H8.23C2H6/c1-11-23(3)33(45)47-22-37(8)27-15-18-38(9)28(36(27,7)17-16-29(37)42)14-13-25-26-19-35(5,6)31(44)32(48-34(46)24(4)12-2)40(26,21-41)30(43)20-39(25,38)10;1-3-2;23*1-2/h11-13,26-32,41-44H,14-22H2,1-10H3;3H2,1-2H3;23*1-2H3/b23-11-,24-12-;;;;;;;;;;;;;;;;;;;;;;;;/t26?,27?,28?,29-,30+,31-,32-,36-,37+,38+,39+,40-;;;;;;;;;;;;;;;;;;;;;;;;/m0......................../s1. The number of hydrogen-bond donors (Lipinski definition) is 4. The Bertz CT molecular complexity index is 1420. The number of aliphatic hydroxyl groups excluding tert-OH is 4. The number of ether oxygens (including phenoxy) is 2. The largest absolute Gasteiger partial charge is 0.462 e. The summed E-state index contributed by atoms with van der Waals surface area (Å²) in [7, 11) is 0. The van der Waals surface area contributed by atoms with E-state index in [9.17, 15) is 30.0 Å². The number of carbonyl (C=O) groups excluding carboxylic acids is 2. The van der Waals surface area contributed by atoms with Crippen LogP contribution in [0.5, 0.6) is 0 Å². The van der Waals surface area contributed by atoms with E-state index in [2.05, 4.69) is 47.6 Å². The number of allylic oxidation sites excluding steroid dienone is 4. The summed E-state index contributed by atoms with van der Waals surface area (Å²) in [6, 6.07) is 0. The van der Waals surface area contributed by atoms with E-state index in [1.807, 2.05) is 339 Å². The van der Waals surface area contributed by atoms with Crippen molar-refractivity contribution in [3.63, 3.8) is 0 Å². The summed E-state index contributed by atoms with van der Waals surface area (Å²) in [5.74, 6) is -0.799. The second-order valence-electron chi connectivity index (χ2n) is 18.6. The lowest BCUT2D eigenvalue weighted by atomic mass is 9.33. The van der Waals surface area contributed by atoms with Crippen molar-refractivity contribution in [2.24, 2.45) is 50.2 Å². The van der Waals surface area contributed by atoms with Crippen molar-refractivity contribution < 1.29 is 39.5 Å². The highest BCUT2D eigenvalue weighted by molar-refractivity contribution is 5.88. The molecule has 12 atom stereocenters. The fourth-order valence-electron chi connectivity index (χ4n) is 11.8. The lowest BCUT2D eigenvalue weighted by molar-refractivity contribution is -0.263. The molecule has 4 fully saturated rings. The lowest BCUT2D eigenvalue weighted by Crippen LogP contribution is -2.72. The molecule has 5 aliphatic carbocycles. The average Bonchev–Trinajstić information content (AvgIpc) is 0.675. The van der Waals surface area contributed by atoms with Crippen molar-refractivity contribution in [3.8, 4) is 0 Å². The van der Waals surface area contributed by atoms with Crippen LogP contribution in [0.3, 0.4) is 0 Å². The Morgan fingerprint density at radius 3 is 1.07 bits per heavy atom. The first kappa shape index (κ1) is 149. The summed E-state index contributed by atoms with van der Waals surface area (Å²) in [6.45, 7) is 116. The zero-order valence-electron chi connectivity index (χ0n) is 79.8. The van der Waals surface area contributed by atoms with Crippen LogP contribution >= 0.6 is 0 Å². The minimum absolute atomic E-state index is 0.136. The van der Waals surface area contributed by atoms with Gasteiger partial charge in [0.2, 0.25) is 0 Å². The number of aliphatic hydroxyl groups is 4. The van der Waals surface area contributed by atoms with Gasteiger partial charge in [-0.25, -0.2) is 9.59 Å². The monoisotopic (exact) mass is 1410 g/mol. The minimum atomic E-state index is -1.24. The van der Waals surface area contributed by atoms with Crippen LogP contribution in [0.1, 0.15) is 453 Å². The summed E-state index contributed by atoms with van der Waals surface area (Å²) < 4.78 is 11.9. The quantitative estimate of drug-likeness (QED) is 0.117. The first-order chi connectivity index (χ1) is 46.7. The highest BCUT2D eigenvalue weighted by Crippen LogP contribution is 2.76. The molecule has 4 N–H and O–H groups in total. The van der Waals surface area contributed by atoms with Crippen LogP contribution in [0.25, 0.3) is 0 Å². The molecule has 0 bridgehead atoms. The van der Waals surface area contributed by atoms with Crippen LogP contribution in [0.2, 0.25) is 0 Å². The maximum absolute atomic E-state index is 13.2. The van der Waals surface area contributed by atoms with Crippen molar-refractivity contribution in [1.82, 2.24) is 0 Å². The van der Waals surface area contributed by atoms with Crippen LogP contribution < -0.4 is 0 Å². The van der Waals surface area contributed by atoms with E-state index in [4.69, 9.17) is 9.47 Å². The number of esters is 2. The van der Waals surface area contributed by atoms with Gasteiger partial charge in [0.25, 0.3) is 0 Å². The molecule has 0 aromatic carbocycles. The average molecular weight is 1410 g/mol. The zero-order chi connectivity index (χ0) is 84.5. The van der Waals surface area contributed by atoms with Crippen molar-refractivity contribution in [1.29, 1.82) is 0 Å². The summed E-state index contributed by atoms with van der Waals surface area (Å²) in [5, 5.41) is 46.8. The molecule has 97 heavy (non-hydrogen) atoms. The van der Waals surface area contributed by atoms with Gasteiger partial charge in [-0.3, -0.25) is 0 Å². The van der Waals surface area contributed by atoms with Crippen molar-refractivity contribution in [2.75, 3.05) is 13.2 Å². The first-order valence-electron chi connectivity index (χ1n) is 42.7. The molecule has 0 spiro atoms. The van der Waals surface area contributed by atoms with Gasteiger partial charge in [0.05, 0.1) is 36.9 Å². The summed E-state index contributed by atoms with van der Waals surface area (Å²) in [5.41, 5.74) is -1.05. The molecule has 0 radical (unpaired) electrons. The second-order valence-corrected chi connectivity index (χ2v) is 18.6. The molecule has 0 heterocycles. The predicted octanol–water partition coefficient (Wildman–Crippen LogP) is 31.1. The molecule has 0 amide bonds. The molecule has 3 unspecified atom stereocenters. The molecule has 8 nitrogen and oxygen atoms in total. The van der Waals surface area contributed by atoms with E-state index < -0.39 is 58.7 Å². The fraction of sp³-hybridized carbons (Fsp3) is 0.910. The third kappa shape index (κ3) is 49.3. The first-order valence-corrected chi connectivity index (χ1v) is 42.7. The van der Waals surface area contributed by atoms with E-state index in [1.165, 1.54) is 12.0 Å². The van der Waals surface area contributed by atoms with Gasteiger partial charge in [0, 0.05) is 16.6 Å². The minimum Gasteiger partial charge on any atom is -0.462 e. The SMILES string of the molecule is C/C=C(/C)C(=O)OC[C@]1(C)C2CC[C@]3(C)C(CC=C4C5CC(C)(C)[C@@H](O)[C@H](OC(=O)/C(C)=C\C)[C@]5(CO)[C@H](O)C[C@]43C)[C@@]2(C)CC[C@@H]1O.CC.CC.CC.CC.CC.CC.CC.CC.CC.CC.CC.CC.CC.CC.CC.CC.CC.CC.CC.CC.CC.CC.CC.CCC. The molecule has 0 saturated heterocycles. The van der Waals surface area contributed by atoms with E-state index in [1.54, 1.807) is 32.9 Å². The van der Waals surface area contributed by atoms with E-state index in [0.717, 1.165) is 25.7 Å². The van der Waals surface area contributed by atoms with Crippen LogP contribution in [0.4, 0.5) is 0 Å². The van der Waals surface area contributed by atoms with Gasteiger partial charge in [-0.15, -0.1) is 0 Å². The van der Waals surface area contributed by atoms with Gasteiger partial charge >= 0.3 is 11.9 Å². The Morgan fingerprint density at radius 1 is 0.464 bits per heavy atom. The maximum Gasteiger partial charge on any atom is 0.333 e. The van der Waals surface area contributed by atoms with Gasteiger partial charge in [-0.1, -0.05) is 404 Å². The Kier molecular flexibility index (Phi) is 173. The molecule has 5 aliphatic rings. The Labute approximate surface area is 624 Å². The molecule has 5 rings (SSSR count). The van der Waals surface area contributed by atoms with Crippen molar-refractivity contribution >= 4 is 11.9 Å². The summed E-state index contributed by atoms with van der Waals surface area (Å²) in [4.78, 5) is 25.9. The molecule has 0 aromatic heterocycles. The topological polar surface area (TPSA) is 134 Å². The normalized spacial score (nSPS) is 24.9. The third-order valence-electron chi connectivity index (χ3n) is 15.4. The van der Waals surface area contributed by atoms with Crippen LogP contribution in [-0.4, -0.2) is 70.0 Å². The highest BCUT2D eigenvalue weighted by Gasteiger charge is 2.73. The number of fused-ring (bicyclic) bond motifs is 7. The number of hydrogen-bond acceptors (Lipinski definition) is 8. The van der Waals surface area contributed by atoms with Crippen LogP contribution in [-0.2, 0) is 19.1 Å². The van der Waals surface area contributed by atoms with Gasteiger partial charge in [-0.05, 0) is 112 Å². The molecular weight excluding hydrogens is 1200 g/mol. The lowest BCUT2D eigenvalue weighted by Gasteiger charge is -2.72. The molecule has 0 aromatic rings. The summed E-state index contributed by atoms with van der Waals surface area (Å²) in [6.07, 6.45) is 8.29. The molecular formula is C89H208O8. The molecule has 4 saturated carbocycles. The number of carbonyl (C=O) groups is 2. The Balaban J connectivity index is -0.0000000567. The van der Waals surface area contributed by atoms with Crippen molar-refractivity contribution in [2.45, 2.75) is 477 Å². The zero-order valence-corrected chi connectivity index (χ0v) is 79.8. The van der Waals surface area contributed by atoms with E-state index >= 15 is 0 Å². The third-order valence-corrected chi connectivity index (χ3v) is 15.4. The molecule has 612 valence electrons. The van der Waals surface area contributed by atoms with Gasteiger partial charge in [-0.2, -0.15) is 0 Å². The smallest absolute Gasteiger partial charge is 0.333 e. The van der Waals surface area contributed by atoms with Gasteiger partial charge in [0.1, 0.15) is 6.10 Å². The van der Waals surface area contributed by atoms with Gasteiger partial charge < -0.3 is 29.9 Å². The fourth-order valence-corrected chi connectivity index (χ4v) is 11.8. The predicted molar refractivity (Wildman–Crippen MR) is 461 cm³/mol. The van der Waals surface area contributed by atoms with E-state index in [-0.39, 0.29) is 41.2 Å². The van der Waals surface area contributed by atoms with Crippen molar-refractivity contribution in [3.05, 3.63) is 34.9 Å². The second kappa shape index (κ2) is 113.